The Morgan fingerprint density at radius 2 is 1.90 bits per heavy atom. The van der Waals surface area contributed by atoms with Crippen LogP contribution in [0.3, 0.4) is 0 Å². The van der Waals surface area contributed by atoms with Crippen molar-refractivity contribution in [1.82, 2.24) is 10.2 Å². The van der Waals surface area contributed by atoms with Gasteiger partial charge in [0, 0.05) is 12.1 Å². The van der Waals surface area contributed by atoms with E-state index in [1.54, 1.807) is 53.3 Å². The number of amides is 2. The molecule has 1 aliphatic heterocycles. The molecule has 148 valence electrons. The van der Waals surface area contributed by atoms with Crippen molar-refractivity contribution in [1.29, 1.82) is 0 Å². The second kappa shape index (κ2) is 8.53. The fourth-order valence-electron chi connectivity index (χ4n) is 3.16. The monoisotopic (exact) mass is 410 g/mol. The van der Waals surface area contributed by atoms with E-state index in [0.29, 0.717) is 24.4 Å². The third-order valence-electron chi connectivity index (χ3n) is 4.70. The summed E-state index contributed by atoms with van der Waals surface area (Å²) < 4.78 is 18.3. The molecule has 1 N–H and O–H groups in total. The highest BCUT2D eigenvalue weighted by Gasteiger charge is 2.33. The van der Waals surface area contributed by atoms with Crippen LogP contribution in [0.1, 0.15) is 32.6 Å². The molecular weight excluding hydrogens is 391 g/mol. The fraction of sp³-hybridized carbons (Fsp3) is 0.182. The molecule has 1 atom stereocenters. The normalized spacial score (nSPS) is 16.2. The zero-order valence-corrected chi connectivity index (χ0v) is 16.3. The van der Waals surface area contributed by atoms with Gasteiger partial charge in [-0.05, 0) is 47.5 Å². The molecule has 0 aliphatic carbocycles. The average molecular weight is 410 g/mol. The molecule has 3 aromatic rings. The number of nitrogens with zero attached hydrogens (tertiary/aromatic N) is 1. The van der Waals surface area contributed by atoms with Crippen LogP contribution in [0.25, 0.3) is 0 Å². The molecule has 2 amide bonds. The lowest BCUT2D eigenvalue weighted by Crippen LogP contribution is -2.27. The summed E-state index contributed by atoms with van der Waals surface area (Å²) in [6.45, 7) is 0.744. The molecule has 2 heterocycles. The number of carbonyl (C=O) groups is 2. The number of hydrogen-bond acceptors (Lipinski definition) is 4. The van der Waals surface area contributed by atoms with E-state index < -0.39 is 0 Å². The van der Waals surface area contributed by atoms with Gasteiger partial charge in [0.15, 0.2) is 0 Å². The van der Waals surface area contributed by atoms with Gasteiger partial charge in [0.1, 0.15) is 17.0 Å². The number of carbonyl (C=O) groups excluding carboxylic acids is 2. The summed E-state index contributed by atoms with van der Waals surface area (Å²) >= 11 is 1.56. The van der Waals surface area contributed by atoms with E-state index in [0.717, 1.165) is 16.9 Å². The van der Waals surface area contributed by atoms with Crippen LogP contribution in [0.2, 0.25) is 0 Å². The van der Waals surface area contributed by atoms with Crippen LogP contribution in [-0.2, 0) is 17.9 Å². The second-order valence-corrected chi connectivity index (χ2v) is 7.76. The number of nitrogens with one attached hydrogen (secondary N) is 1. The lowest BCUT2D eigenvalue weighted by molar-refractivity contribution is -0.128. The first-order chi connectivity index (χ1) is 14.1. The number of halogens is 1. The van der Waals surface area contributed by atoms with E-state index in [4.69, 9.17) is 4.42 Å². The lowest BCUT2D eigenvalue weighted by Gasteiger charge is -2.23. The molecule has 1 aromatic heterocycles. The highest BCUT2D eigenvalue weighted by atomic mass is 32.2. The maximum absolute atomic E-state index is 13.0. The molecule has 5 nitrogen and oxygen atoms in total. The van der Waals surface area contributed by atoms with Crippen molar-refractivity contribution < 1.29 is 18.4 Å². The third kappa shape index (κ3) is 4.51. The SMILES string of the molecule is O=C(NCc1ccc(F)cc1)c1ccc(C2SCC(=O)N2Cc2ccco2)cc1. The zero-order chi connectivity index (χ0) is 20.2. The molecule has 0 bridgehead atoms. The van der Waals surface area contributed by atoms with Gasteiger partial charge in [-0.25, -0.2) is 4.39 Å². The summed E-state index contributed by atoms with van der Waals surface area (Å²) in [7, 11) is 0. The Hall–Kier alpha value is -3.06. The predicted octanol–water partition coefficient (Wildman–Crippen LogP) is 4.12. The summed E-state index contributed by atoms with van der Waals surface area (Å²) in [5.74, 6) is 0.717. The van der Waals surface area contributed by atoms with Gasteiger partial charge in [0.05, 0.1) is 18.6 Å². The Balaban J connectivity index is 1.40. The van der Waals surface area contributed by atoms with Crippen molar-refractivity contribution in [3.63, 3.8) is 0 Å². The molecule has 1 saturated heterocycles. The summed E-state index contributed by atoms with van der Waals surface area (Å²) in [6.07, 6.45) is 1.59. The molecule has 1 aliphatic rings. The minimum atomic E-state index is -0.306. The first-order valence-electron chi connectivity index (χ1n) is 9.16. The quantitative estimate of drug-likeness (QED) is 0.664. The predicted molar refractivity (Wildman–Crippen MR) is 108 cm³/mol. The molecule has 0 radical (unpaired) electrons. The highest BCUT2D eigenvalue weighted by molar-refractivity contribution is 8.00. The second-order valence-electron chi connectivity index (χ2n) is 6.70. The van der Waals surface area contributed by atoms with E-state index in [1.165, 1.54) is 12.1 Å². The molecular formula is C22H19FN2O3S. The molecule has 1 unspecified atom stereocenters. The maximum atomic E-state index is 13.0. The summed E-state index contributed by atoms with van der Waals surface area (Å²) in [5, 5.41) is 2.72. The topological polar surface area (TPSA) is 62.6 Å². The zero-order valence-electron chi connectivity index (χ0n) is 15.5. The molecule has 0 saturated carbocycles. The molecule has 29 heavy (non-hydrogen) atoms. The van der Waals surface area contributed by atoms with Gasteiger partial charge in [0.25, 0.3) is 5.91 Å². The summed E-state index contributed by atoms with van der Waals surface area (Å²) in [4.78, 5) is 26.4. The first-order valence-corrected chi connectivity index (χ1v) is 10.2. The van der Waals surface area contributed by atoms with Crippen LogP contribution in [0.4, 0.5) is 4.39 Å². The van der Waals surface area contributed by atoms with Crippen LogP contribution >= 0.6 is 11.8 Å². The van der Waals surface area contributed by atoms with Crippen molar-refractivity contribution in [2.45, 2.75) is 18.5 Å². The smallest absolute Gasteiger partial charge is 0.251 e. The van der Waals surface area contributed by atoms with E-state index in [-0.39, 0.29) is 23.0 Å². The van der Waals surface area contributed by atoms with Gasteiger partial charge >= 0.3 is 0 Å². The van der Waals surface area contributed by atoms with Crippen LogP contribution < -0.4 is 5.32 Å². The maximum Gasteiger partial charge on any atom is 0.251 e. The number of hydrogen-bond donors (Lipinski definition) is 1. The average Bonchev–Trinajstić information content (AvgIpc) is 3.38. The molecule has 4 rings (SSSR count). The van der Waals surface area contributed by atoms with Gasteiger partial charge in [-0.15, -0.1) is 11.8 Å². The number of rotatable bonds is 6. The standard InChI is InChI=1S/C22H19FN2O3S/c23-18-9-3-15(4-10-18)12-24-21(27)16-5-7-17(8-6-16)22-25(20(26)14-29-22)13-19-2-1-11-28-19/h1-11,22H,12-14H2,(H,24,27). The van der Waals surface area contributed by atoms with Crippen molar-refractivity contribution in [2.75, 3.05) is 5.75 Å². The minimum Gasteiger partial charge on any atom is -0.467 e. The highest BCUT2D eigenvalue weighted by Crippen LogP contribution is 2.39. The Morgan fingerprint density at radius 1 is 1.14 bits per heavy atom. The molecule has 0 spiro atoms. The van der Waals surface area contributed by atoms with Crippen LogP contribution in [0, 0.1) is 5.82 Å². The van der Waals surface area contributed by atoms with Crippen LogP contribution in [-0.4, -0.2) is 22.5 Å². The van der Waals surface area contributed by atoms with Gasteiger partial charge in [-0.1, -0.05) is 24.3 Å². The Kier molecular flexibility index (Phi) is 5.67. The largest absolute Gasteiger partial charge is 0.467 e. The van der Waals surface area contributed by atoms with Crippen molar-refractivity contribution >= 4 is 23.6 Å². The number of thioether (sulfide) groups is 1. The summed E-state index contributed by atoms with van der Waals surface area (Å²) in [5.41, 5.74) is 2.32. The molecule has 2 aromatic carbocycles. The van der Waals surface area contributed by atoms with Crippen LogP contribution in [0.15, 0.2) is 71.3 Å². The van der Waals surface area contributed by atoms with Gasteiger partial charge in [-0.3, -0.25) is 9.59 Å². The van der Waals surface area contributed by atoms with Gasteiger partial charge in [0.2, 0.25) is 5.91 Å². The summed E-state index contributed by atoms with van der Waals surface area (Å²) in [6, 6.07) is 16.9. The van der Waals surface area contributed by atoms with Crippen molar-refractivity contribution in [2.24, 2.45) is 0 Å². The first kappa shape index (κ1) is 19.3. The Morgan fingerprint density at radius 3 is 2.59 bits per heavy atom. The van der Waals surface area contributed by atoms with Crippen molar-refractivity contribution in [3.05, 3.63) is 95.2 Å². The van der Waals surface area contributed by atoms with E-state index in [2.05, 4.69) is 5.32 Å². The Labute approximate surface area is 171 Å². The Bertz CT molecular complexity index is 988. The van der Waals surface area contributed by atoms with Gasteiger partial charge < -0.3 is 14.6 Å². The fourth-order valence-corrected chi connectivity index (χ4v) is 4.35. The van der Waals surface area contributed by atoms with E-state index in [1.807, 2.05) is 18.2 Å². The number of furan rings is 1. The minimum absolute atomic E-state index is 0.0671. The van der Waals surface area contributed by atoms with E-state index in [9.17, 15) is 14.0 Å². The molecule has 7 heteroatoms. The number of benzene rings is 2. The lowest BCUT2D eigenvalue weighted by atomic mass is 10.1. The van der Waals surface area contributed by atoms with Crippen LogP contribution in [0.5, 0.6) is 0 Å². The third-order valence-corrected chi connectivity index (χ3v) is 5.95. The van der Waals surface area contributed by atoms with Crippen molar-refractivity contribution in [3.8, 4) is 0 Å². The van der Waals surface area contributed by atoms with E-state index >= 15 is 0 Å². The molecule has 1 fully saturated rings. The van der Waals surface area contributed by atoms with Gasteiger partial charge in [-0.2, -0.15) is 0 Å².